The van der Waals surface area contributed by atoms with Crippen LogP contribution < -0.4 is 11.2 Å². The molecule has 0 spiro atoms. The smallest absolute Gasteiger partial charge is 0.333 e. The molecule has 0 aliphatic heterocycles. The van der Waals surface area contributed by atoms with E-state index in [0.29, 0.717) is 10.5 Å². The lowest BCUT2D eigenvalue weighted by Crippen LogP contribution is -2.33. The maximum absolute atomic E-state index is 12.4. The summed E-state index contributed by atoms with van der Waals surface area (Å²) in [5, 5.41) is 10.5. The first kappa shape index (κ1) is 12.5. The van der Waals surface area contributed by atoms with Crippen molar-refractivity contribution < 1.29 is 5.11 Å². The zero-order chi connectivity index (χ0) is 14.3. The highest BCUT2D eigenvalue weighted by molar-refractivity contribution is 6.31. The number of H-pyrrole nitrogens is 1. The highest BCUT2D eigenvalue weighted by Gasteiger charge is 2.12. The van der Waals surface area contributed by atoms with E-state index in [1.165, 1.54) is 18.2 Å². The molecule has 2 aromatic carbocycles. The Morgan fingerprint density at radius 1 is 1.10 bits per heavy atom. The van der Waals surface area contributed by atoms with Crippen molar-refractivity contribution in [3.63, 3.8) is 0 Å². The lowest BCUT2D eigenvalue weighted by Gasteiger charge is -2.08. The minimum Gasteiger partial charge on any atom is -0.506 e. The number of aromatic nitrogens is 2. The van der Waals surface area contributed by atoms with Crippen LogP contribution in [0.3, 0.4) is 0 Å². The van der Waals surface area contributed by atoms with E-state index in [9.17, 15) is 14.7 Å². The van der Waals surface area contributed by atoms with Crippen LogP contribution in [-0.2, 0) is 0 Å². The predicted octanol–water partition coefficient (Wildman–Crippen LogP) is 2.04. The number of phenolic OH excluding ortho intramolecular Hbond substituents is 1. The predicted molar refractivity (Wildman–Crippen MR) is 76.8 cm³/mol. The fourth-order valence-corrected chi connectivity index (χ4v) is 2.23. The van der Waals surface area contributed by atoms with E-state index in [1.807, 2.05) is 0 Å². The van der Waals surface area contributed by atoms with E-state index >= 15 is 0 Å². The van der Waals surface area contributed by atoms with E-state index in [-0.39, 0.29) is 16.8 Å². The Labute approximate surface area is 117 Å². The third-order valence-corrected chi connectivity index (χ3v) is 3.22. The Morgan fingerprint density at radius 2 is 1.85 bits per heavy atom. The second kappa shape index (κ2) is 4.54. The van der Waals surface area contributed by atoms with Gasteiger partial charge in [0, 0.05) is 5.02 Å². The van der Waals surface area contributed by atoms with Crippen molar-refractivity contribution in [1.82, 2.24) is 9.55 Å². The molecule has 3 aromatic rings. The molecule has 0 radical (unpaired) electrons. The number of benzene rings is 2. The Hall–Kier alpha value is -2.53. The molecule has 2 N–H and O–H groups in total. The van der Waals surface area contributed by atoms with Gasteiger partial charge < -0.3 is 10.1 Å². The summed E-state index contributed by atoms with van der Waals surface area (Å²) in [6.07, 6.45) is 0. The molecule has 1 heterocycles. The van der Waals surface area contributed by atoms with E-state index in [0.717, 1.165) is 4.57 Å². The van der Waals surface area contributed by atoms with Gasteiger partial charge in [-0.25, -0.2) is 9.36 Å². The van der Waals surface area contributed by atoms with Gasteiger partial charge in [0.1, 0.15) is 5.75 Å². The van der Waals surface area contributed by atoms with Gasteiger partial charge in [-0.2, -0.15) is 0 Å². The van der Waals surface area contributed by atoms with Gasteiger partial charge in [0.15, 0.2) is 0 Å². The van der Waals surface area contributed by atoms with Crippen LogP contribution in [0.2, 0.25) is 5.02 Å². The van der Waals surface area contributed by atoms with Crippen molar-refractivity contribution in [3.8, 4) is 11.4 Å². The molecule has 0 unspecified atom stereocenters. The zero-order valence-corrected chi connectivity index (χ0v) is 10.9. The number of nitrogens with zero attached hydrogens (tertiary/aromatic N) is 1. The normalized spacial score (nSPS) is 10.8. The van der Waals surface area contributed by atoms with Crippen molar-refractivity contribution >= 4 is 22.5 Å². The molecule has 0 fully saturated rings. The summed E-state index contributed by atoms with van der Waals surface area (Å²) < 4.78 is 0.883. The number of aromatic hydroxyl groups is 1. The molecule has 100 valence electrons. The first-order chi connectivity index (χ1) is 9.58. The molecule has 5 nitrogen and oxygen atoms in total. The maximum Gasteiger partial charge on any atom is 0.333 e. The molecule has 0 bridgehead atoms. The number of hydrogen-bond acceptors (Lipinski definition) is 3. The van der Waals surface area contributed by atoms with Gasteiger partial charge >= 0.3 is 5.69 Å². The number of nitrogens with one attached hydrogen (secondary N) is 1. The van der Waals surface area contributed by atoms with E-state index < -0.39 is 11.2 Å². The van der Waals surface area contributed by atoms with Gasteiger partial charge in [0.2, 0.25) is 0 Å². The molecule has 20 heavy (non-hydrogen) atoms. The van der Waals surface area contributed by atoms with Crippen LogP contribution in [0.4, 0.5) is 0 Å². The summed E-state index contributed by atoms with van der Waals surface area (Å²) in [4.78, 5) is 27.1. The van der Waals surface area contributed by atoms with Crippen LogP contribution in [-0.4, -0.2) is 14.7 Å². The van der Waals surface area contributed by atoms with Crippen LogP contribution in [0.5, 0.6) is 5.75 Å². The van der Waals surface area contributed by atoms with E-state index in [4.69, 9.17) is 11.6 Å². The van der Waals surface area contributed by atoms with Crippen molar-refractivity contribution in [2.24, 2.45) is 0 Å². The highest BCUT2D eigenvalue weighted by Crippen LogP contribution is 2.19. The van der Waals surface area contributed by atoms with Gasteiger partial charge in [-0.05, 0) is 30.3 Å². The van der Waals surface area contributed by atoms with E-state index in [1.54, 1.807) is 24.3 Å². The molecule has 0 saturated carbocycles. The minimum atomic E-state index is -0.619. The van der Waals surface area contributed by atoms with Gasteiger partial charge in [-0.1, -0.05) is 23.7 Å². The van der Waals surface area contributed by atoms with Crippen LogP contribution in [0, 0.1) is 0 Å². The first-order valence-corrected chi connectivity index (χ1v) is 6.19. The number of fused-ring (bicyclic) bond motifs is 1. The second-order valence-corrected chi connectivity index (χ2v) is 4.69. The Balaban J connectivity index is 2.46. The topological polar surface area (TPSA) is 75.1 Å². The summed E-state index contributed by atoms with van der Waals surface area (Å²) >= 11 is 5.87. The maximum atomic E-state index is 12.4. The number of phenols is 1. The summed E-state index contributed by atoms with van der Waals surface area (Å²) in [5.41, 5.74) is -0.629. The average molecular weight is 289 g/mol. The summed E-state index contributed by atoms with van der Waals surface area (Å²) in [5.74, 6) is -0.151. The van der Waals surface area contributed by atoms with Crippen molar-refractivity contribution in [2.75, 3.05) is 0 Å². The van der Waals surface area contributed by atoms with Crippen LogP contribution in [0.25, 0.3) is 16.6 Å². The zero-order valence-electron chi connectivity index (χ0n) is 10.1. The quantitative estimate of drug-likeness (QED) is 0.719. The molecule has 3 rings (SSSR count). The average Bonchev–Trinajstić information content (AvgIpc) is 2.42. The lowest BCUT2D eigenvalue weighted by molar-refractivity contribution is 0.471. The molecule has 0 atom stereocenters. The largest absolute Gasteiger partial charge is 0.506 e. The molecular weight excluding hydrogens is 280 g/mol. The standard InChI is InChI=1S/C14H9ClN2O3/c15-8-5-6-10-9(7-8)13(19)17(14(20)16-10)11-3-1-2-4-12(11)18/h1-7,18H,(H,16,20). The van der Waals surface area contributed by atoms with Gasteiger partial charge in [-0.3, -0.25) is 4.79 Å². The third-order valence-electron chi connectivity index (χ3n) is 2.98. The summed E-state index contributed by atoms with van der Waals surface area (Å²) in [7, 11) is 0. The summed E-state index contributed by atoms with van der Waals surface area (Å²) in [6, 6.07) is 10.8. The number of halogens is 1. The fraction of sp³-hybridized carbons (Fsp3) is 0. The van der Waals surface area contributed by atoms with Crippen LogP contribution >= 0.6 is 11.6 Å². The molecular formula is C14H9ClN2O3. The number of rotatable bonds is 1. The fourth-order valence-electron chi connectivity index (χ4n) is 2.06. The molecule has 0 saturated heterocycles. The number of hydrogen-bond donors (Lipinski definition) is 2. The van der Waals surface area contributed by atoms with Crippen molar-refractivity contribution in [2.45, 2.75) is 0 Å². The second-order valence-electron chi connectivity index (χ2n) is 4.25. The van der Waals surface area contributed by atoms with Crippen LogP contribution in [0.1, 0.15) is 0 Å². The molecule has 0 amide bonds. The SMILES string of the molecule is O=c1[nH]c2ccc(Cl)cc2c(=O)n1-c1ccccc1O. The van der Waals surface area contributed by atoms with Gasteiger partial charge in [-0.15, -0.1) is 0 Å². The summed E-state index contributed by atoms with van der Waals surface area (Å²) in [6.45, 7) is 0. The Morgan fingerprint density at radius 3 is 2.60 bits per heavy atom. The van der Waals surface area contributed by atoms with Crippen LogP contribution in [0.15, 0.2) is 52.1 Å². The molecule has 0 aliphatic carbocycles. The van der Waals surface area contributed by atoms with Gasteiger partial charge in [0.05, 0.1) is 16.6 Å². The Kier molecular flexibility index (Phi) is 2.84. The van der Waals surface area contributed by atoms with Gasteiger partial charge in [0.25, 0.3) is 5.56 Å². The monoisotopic (exact) mass is 288 g/mol. The highest BCUT2D eigenvalue weighted by atomic mass is 35.5. The number of para-hydroxylation sites is 2. The number of aromatic amines is 1. The van der Waals surface area contributed by atoms with Crippen molar-refractivity contribution in [3.05, 3.63) is 68.3 Å². The first-order valence-electron chi connectivity index (χ1n) is 5.81. The lowest BCUT2D eigenvalue weighted by atomic mass is 10.2. The molecule has 6 heteroatoms. The minimum absolute atomic E-state index is 0.126. The third kappa shape index (κ3) is 1.88. The Bertz CT molecular complexity index is 928. The van der Waals surface area contributed by atoms with E-state index in [2.05, 4.69) is 4.98 Å². The van der Waals surface area contributed by atoms with Crippen molar-refractivity contribution in [1.29, 1.82) is 0 Å². The molecule has 0 aliphatic rings. The molecule has 1 aromatic heterocycles.